The molecule has 5 nitrogen and oxygen atoms in total. The van der Waals surface area contributed by atoms with Gasteiger partial charge in [0.2, 0.25) is 0 Å². The summed E-state index contributed by atoms with van der Waals surface area (Å²) in [5.74, 6) is -1.31. The Balaban J connectivity index is 1.91. The number of carbonyl (C=O) groups is 2. The Labute approximate surface area is 137 Å². The molecule has 0 unspecified atom stereocenters. The van der Waals surface area contributed by atoms with Gasteiger partial charge in [0.1, 0.15) is 11.5 Å². The fourth-order valence-corrected chi connectivity index (χ4v) is 2.43. The SMILES string of the molecule is COC(=O)c1ccc(C)c(NC(=O)c2cc3c(F)cccc3[nH]2)c1. The monoisotopic (exact) mass is 326 g/mol. The van der Waals surface area contributed by atoms with Crippen LogP contribution >= 0.6 is 0 Å². The van der Waals surface area contributed by atoms with Gasteiger partial charge < -0.3 is 15.0 Å². The summed E-state index contributed by atoms with van der Waals surface area (Å²) in [6.45, 7) is 1.81. The number of fused-ring (bicyclic) bond motifs is 1. The van der Waals surface area contributed by atoms with Crippen molar-refractivity contribution in [2.75, 3.05) is 12.4 Å². The summed E-state index contributed by atoms with van der Waals surface area (Å²) < 4.78 is 18.4. The zero-order valence-electron chi connectivity index (χ0n) is 13.1. The molecule has 6 heteroatoms. The molecule has 0 atom stereocenters. The van der Waals surface area contributed by atoms with Crippen LogP contribution in [0.2, 0.25) is 0 Å². The van der Waals surface area contributed by atoms with Crippen LogP contribution in [0.1, 0.15) is 26.4 Å². The number of benzene rings is 2. The largest absolute Gasteiger partial charge is 0.465 e. The Hall–Kier alpha value is -3.15. The highest BCUT2D eigenvalue weighted by molar-refractivity contribution is 6.06. The molecule has 3 rings (SSSR count). The Bertz CT molecular complexity index is 947. The standard InChI is InChI=1S/C18H15FN2O3/c1-10-6-7-11(18(23)24-2)8-15(10)21-17(22)16-9-12-13(19)4-3-5-14(12)20-16/h3-9,20H,1-2H3,(H,21,22). The van der Waals surface area contributed by atoms with E-state index in [1.165, 1.54) is 19.2 Å². The minimum absolute atomic E-state index is 0.234. The molecule has 122 valence electrons. The number of amides is 1. The Morgan fingerprint density at radius 1 is 1.17 bits per heavy atom. The molecule has 0 spiro atoms. The van der Waals surface area contributed by atoms with Crippen molar-refractivity contribution < 1.29 is 18.7 Å². The zero-order valence-corrected chi connectivity index (χ0v) is 13.1. The van der Waals surface area contributed by atoms with Gasteiger partial charge in [0, 0.05) is 16.6 Å². The first-order valence-electron chi connectivity index (χ1n) is 7.27. The van der Waals surface area contributed by atoms with Crippen molar-refractivity contribution in [1.82, 2.24) is 4.98 Å². The van der Waals surface area contributed by atoms with Crippen molar-refractivity contribution in [3.63, 3.8) is 0 Å². The molecule has 3 aromatic rings. The van der Waals surface area contributed by atoms with E-state index < -0.39 is 17.7 Å². The maximum atomic E-state index is 13.7. The number of carbonyl (C=O) groups excluding carboxylic acids is 2. The van der Waals surface area contributed by atoms with E-state index in [4.69, 9.17) is 0 Å². The third-order valence-corrected chi connectivity index (χ3v) is 3.76. The van der Waals surface area contributed by atoms with Crippen LogP contribution in [-0.4, -0.2) is 24.0 Å². The van der Waals surface area contributed by atoms with Gasteiger partial charge in [-0.25, -0.2) is 9.18 Å². The molecule has 2 aromatic carbocycles. The second kappa shape index (κ2) is 6.16. The summed E-state index contributed by atoms with van der Waals surface area (Å²) in [5.41, 5.74) is 2.39. The normalized spacial score (nSPS) is 10.6. The van der Waals surface area contributed by atoms with Gasteiger partial charge in [0.05, 0.1) is 12.7 Å². The van der Waals surface area contributed by atoms with Crippen LogP contribution in [0.15, 0.2) is 42.5 Å². The number of hydrogen-bond acceptors (Lipinski definition) is 3. The van der Waals surface area contributed by atoms with E-state index in [-0.39, 0.29) is 5.69 Å². The molecule has 0 aliphatic carbocycles. The number of anilines is 1. The lowest BCUT2D eigenvalue weighted by atomic mass is 10.1. The lowest BCUT2D eigenvalue weighted by molar-refractivity contribution is 0.0600. The topological polar surface area (TPSA) is 71.2 Å². The van der Waals surface area contributed by atoms with E-state index in [0.29, 0.717) is 22.2 Å². The molecule has 1 aromatic heterocycles. The number of rotatable bonds is 3. The maximum Gasteiger partial charge on any atom is 0.337 e. The highest BCUT2D eigenvalue weighted by atomic mass is 19.1. The van der Waals surface area contributed by atoms with Gasteiger partial charge >= 0.3 is 5.97 Å². The van der Waals surface area contributed by atoms with Crippen molar-refractivity contribution in [3.8, 4) is 0 Å². The lowest BCUT2D eigenvalue weighted by Gasteiger charge is -2.09. The summed E-state index contributed by atoms with van der Waals surface area (Å²) in [4.78, 5) is 26.9. The van der Waals surface area contributed by atoms with Crippen LogP contribution in [0.5, 0.6) is 0 Å². The lowest BCUT2D eigenvalue weighted by Crippen LogP contribution is -2.14. The molecular formula is C18H15FN2O3. The summed E-state index contributed by atoms with van der Waals surface area (Å²) in [7, 11) is 1.29. The summed E-state index contributed by atoms with van der Waals surface area (Å²) in [5, 5.41) is 3.08. The first-order chi connectivity index (χ1) is 11.5. The van der Waals surface area contributed by atoms with E-state index in [0.717, 1.165) is 5.56 Å². The third kappa shape index (κ3) is 2.86. The van der Waals surface area contributed by atoms with Crippen LogP contribution in [0.3, 0.4) is 0 Å². The van der Waals surface area contributed by atoms with Crippen LogP contribution in [0, 0.1) is 12.7 Å². The summed E-state index contributed by atoms with van der Waals surface area (Å²) in [6, 6.07) is 10.9. The fourth-order valence-electron chi connectivity index (χ4n) is 2.43. The molecule has 0 saturated carbocycles. The molecule has 0 fully saturated rings. The molecule has 24 heavy (non-hydrogen) atoms. The number of aromatic amines is 1. The predicted octanol–water partition coefficient (Wildman–Crippen LogP) is 3.65. The molecule has 1 heterocycles. The summed E-state index contributed by atoms with van der Waals surface area (Å²) in [6.07, 6.45) is 0. The number of aromatic nitrogens is 1. The van der Waals surface area contributed by atoms with Gasteiger partial charge in [-0.2, -0.15) is 0 Å². The van der Waals surface area contributed by atoms with Crippen molar-refractivity contribution >= 4 is 28.5 Å². The molecule has 0 radical (unpaired) electrons. The highest BCUT2D eigenvalue weighted by Crippen LogP contribution is 2.21. The molecule has 0 bridgehead atoms. The van der Waals surface area contributed by atoms with Crippen LogP contribution in [-0.2, 0) is 4.74 Å². The number of halogens is 1. The number of hydrogen-bond donors (Lipinski definition) is 2. The van der Waals surface area contributed by atoms with Crippen LogP contribution in [0.4, 0.5) is 10.1 Å². The number of nitrogens with one attached hydrogen (secondary N) is 2. The number of esters is 1. The van der Waals surface area contributed by atoms with E-state index >= 15 is 0 Å². The number of ether oxygens (including phenoxy) is 1. The smallest absolute Gasteiger partial charge is 0.337 e. The second-order valence-electron chi connectivity index (χ2n) is 5.36. The van der Waals surface area contributed by atoms with Crippen molar-refractivity contribution in [1.29, 1.82) is 0 Å². The Kier molecular flexibility index (Phi) is 4.04. The van der Waals surface area contributed by atoms with Gasteiger partial charge in [0.15, 0.2) is 0 Å². The van der Waals surface area contributed by atoms with E-state index in [1.54, 1.807) is 30.3 Å². The number of methoxy groups -OCH3 is 1. The quantitative estimate of drug-likeness (QED) is 0.722. The van der Waals surface area contributed by atoms with Gasteiger partial charge in [0.25, 0.3) is 5.91 Å². The molecule has 0 saturated heterocycles. The minimum atomic E-state index is -0.488. The first kappa shape index (κ1) is 15.7. The number of aryl methyl sites for hydroxylation is 1. The van der Waals surface area contributed by atoms with E-state index in [9.17, 15) is 14.0 Å². The summed E-state index contributed by atoms with van der Waals surface area (Å²) >= 11 is 0. The van der Waals surface area contributed by atoms with Gasteiger partial charge in [-0.1, -0.05) is 12.1 Å². The second-order valence-corrected chi connectivity index (χ2v) is 5.36. The predicted molar refractivity (Wildman–Crippen MR) is 88.7 cm³/mol. The van der Waals surface area contributed by atoms with E-state index in [1.807, 2.05) is 6.92 Å². The Morgan fingerprint density at radius 3 is 2.67 bits per heavy atom. The van der Waals surface area contributed by atoms with Gasteiger partial charge in [-0.3, -0.25) is 4.79 Å². The van der Waals surface area contributed by atoms with Crippen LogP contribution < -0.4 is 5.32 Å². The van der Waals surface area contributed by atoms with Crippen LogP contribution in [0.25, 0.3) is 10.9 Å². The van der Waals surface area contributed by atoms with Crippen molar-refractivity contribution in [2.24, 2.45) is 0 Å². The molecule has 0 aliphatic rings. The van der Waals surface area contributed by atoms with Crippen molar-refractivity contribution in [2.45, 2.75) is 6.92 Å². The molecule has 0 aliphatic heterocycles. The Morgan fingerprint density at radius 2 is 1.96 bits per heavy atom. The molecule has 1 amide bonds. The molecular weight excluding hydrogens is 311 g/mol. The molecule has 2 N–H and O–H groups in total. The first-order valence-corrected chi connectivity index (χ1v) is 7.27. The van der Waals surface area contributed by atoms with Crippen molar-refractivity contribution in [3.05, 3.63) is 65.1 Å². The average Bonchev–Trinajstić information content (AvgIpc) is 3.02. The van der Waals surface area contributed by atoms with E-state index in [2.05, 4.69) is 15.0 Å². The van der Waals surface area contributed by atoms with Gasteiger partial charge in [-0.15, -0.1) is 0 Å². The highest BCUT2D eigenvalue weighted by Gasteiger charge is 2.14. The minimum Gasteiger partial charge on any atom is -0.465 e. The van der Waals surface area contributed by atoms with Gasteiger partial charge in [-0.05, 0) is 42.8 Å². The zero-order chi connectivity index (χ0) is 17.3. The average molecular weight is 326 g/mol. The number of H-pyrrole nitrogens is 1. The third-order valence-electron chi connectivity index (χ3n) is 3.76. The fraction of sp³-hybridized carbons (Fsp3) is 0.111. The maximum absolute atomic E-state index is 13.7.